The highest BCUT2D eigenvalue weighted by molar-refractivity contribution is 14.1. The fraction of sp³-hybridized carbons (Fsp3) is 0.900. The van der Waals surface area contributed by atoms with Gasteiger partial charge >= 0.3 is 12.2 Å². The molecule has 2 fully saturated rings. The first-order valence-electron chi connectivity index (χ1n) is 9.94. The predicted octanol–water partition coefficient (Wildman–Crippen LogP) is 4.89. The van der Waals surface area contributed by atoms with E-state index in [1.54, 1.807) is 9.80 Å². The molecule has 2 rings (SSSR count). The van der Waals surface area contributed by atoms with Crippen molar-refractivity contribution in [2.45, 2.75) is 59.7 Å². The van der Waals surface area contributed by atoms with E-state index >= 15 is 0 Å². The van der Waals surface area contributed by atoms with Crippen molar-refractivity contribution in [3.63, 3.8) is 0 Å². The Kier molecular flexibility index (Phi) is 10.2. The second-order valence-corrected chi connectivity index (χ2v) is 11.5. The molecule has 0 spiro atoms. The van der Waals surface area contributed by atoms with E-state index in [1.807, 2.05) is 53.3 Å². The Hall–Kier alpha value is -0.380. The molecular formula is C20H37IN2O4S. The van der Waals surface area contributed by atoms with E-state index in [4.69, 9.17) is 9.47 Å². The van der Waals surface area contributed by atoms with Gasteiger partial charge in [0.25, 0.3) is 0 Å². The average molecular weight is 528 g/mol. The summed E-state index contributed by atoms with van der Waals surface area (Å²) in [4.78, 5) is 26.5. The molecule has 0 N–H and O–H groups in total. The molecule has 2 aliphatic rings. The van der Waals surface area contributed by atoms with E-state index in [0.29, 0.717) is 11.8 Å². The van der Waals surface area contributed by atoms with E-state index in [1.165, 1.54) is 0 Å². The van der Waals surface area contributed by atoms with Crippen LogP contribution in [0.3, 0.4) is 0 Å². The third kappa shape index (κ3) is 9.89. The molecule has 2 aliphatic heterocycles. The van der Waals surface area contributed by atoms with Crippen molar-refractivity contribution in [1.29, 1.82) is 0 Å². The van der Waals surface area contributed by atoms with Crippen molar-refractivity contribution >= 4 is 46.5 Å². The molecule has 0 aromatic heterocycles. The fourth-order valence-electron chi connectivity index (χ4n) is 2.58. The molecule has 0 saturated carbocycles. The van der Waals surface area contributed by atoms with Crippen molar-refractivity contribution in [3.8, 4) is 0 Å². The van der Waals surface area contributed by atoms with Crippen molar-refractivity contribution in [2.75, 3.05) is 42.1 Å². The van der Waals surface area contributed by atoms with Crippen molar-refractivity contribution in [1.82, 2.24) is 9.80 Å². The molecule has 8 heteroatoms. The third-order valence-corrected chi connectivity index (χ3v) is 6.35. The zero-order valence-electron chi connectivity index (χ0n) is 18.4. The van der Waals surface area contributed by atoms with Gasteiger partial charge in [-0.2, -0.15) is 11.8 Å². The molecule has 2 amide bonds. The molecule has 28 heavy (non-hydrogen) atoms. The van der Waals surface area contributed by atoms with E-state index in [2.05, 4.69) is 29.5 Å². The molecule has 0 unspecified atom stereocenters. The molecule has 2 saturated heterocycles. The summed E-state index contributed by atoms with van der Waals surface area (Å²) in [6, 6.07) is 0. The minimum Gasteiger partial charge on any atom is -0.444 e. The molecule has 0 aromatic carbocycles. The quantitative estimate of drug-likeness (QED) is 0.384. The summed E-state index contributed by atoms with van der Waals surface area (Å²) in [6.07, 6.45) is -0.339. The highest BCUT2D eigenvalue weighted by Gasteiger charge is 2.33. The summed E-state index contributed by atoms with van der Waals surface area (Å²) >= 11 is 4.29. The number of amides is 2. The topological polar surface area (TPSA) is 59.1 Å². The van der Waals surface area contributed by atoms with Gasteiger partial charge in [0.15, 0.2) is 0 Å². The number of carbonyl (C=O) groups excluding carboxylic acids is 2. The van der Waals surface area contributed by atoms with Crippen molar-refractivity contribution in [3.05, 3.63) is 0 Å². The molecule has 164 valence electrons. The lowest BCUT2D eigenvalue weighted by atomic mass is 10.0. The third-order valence-electron chi connectivity index (χ3n) is 3.99. The zero-order chi connectivity index (χ0) is 21.5. The molecular weight excluding hydrogens is 491 g/mol. The van der Waals surface area contributed by atoms with Gasteiger partial charge in [-0.15, -0.1) is 0 Å². The van der Waals surface area contributed by atoms with E-state index in [9.17, 15) is 9.59 Å². The number of likely N-dealkylation sites (tertiary alicyclic amines) is 2. The lowest BCUT2D eigenvalue weighted by Gasteiger charge is -2.39. The smallest absolute Gasteiger partial charge is 0.410 e. The number of hydrogen-bond donors (Lipinski definition) is 0. The van der Waals surface area contributed by atoms with Crippen LogP contribution in [0.15, 0.2) is 0 Å². The first-order chi connectivity index (χ1) is 12.8. The SMILES string of the molecule is CC(C)(C)OC(=O)N1CC(CI)C1.CCSCC1CN(C(=O)OC(C)(C)C)C1. The largest absolute Gasteiger partial charge is 0.444 e. The number of carbonyl (C=O) groups is 2. The number of hydrogen-bond acceptors (Lipinski definition) is 5. The van der Waals surface area contributed by atoms with Gasteiger partial charge < -0.3 is 19.3 Å². The van der Waals surface area contributed by atoms with Gasteiger partial charge in [-0.25, -0.2) is 9.59 Å². The maximum Gasteiger partial charge on any atom is 0.410 e. The summed E-state index contributed by atoms with van der Waals surface area (Å²) < 4.78 is 11.6. The van der Waals surface area contributed by atoms with E-state index in [0.717, 1.165) is 42.1 Å². The summed E-state index contributed by atoms with van der Waals surface area (Å²) in [6.45, 7) is 17.0. The van der Waals surface area contributed by atoms with Crippen LogP contribution >= 0.6 is 34.4 Å². The molecule has 0 aromatic rings. The summed E-state index contributed by atoms with van der Waals surface area (Å²) in [5, 5.41) is 0. The molecule has 6 nitrogen and oxygen atoms in total. The predicted molar refractivity (Wildman–Crippen MR) is 124 cm³/mol. The Morgan fingerprint density at radius 3 is 1.61 bits per heavy atom. The van der Waals surface area contributed by atoms with Gasteiger partial charge in [0.1, 0.15) is 11.2 Å². The van der Waals surface area contributed by atoms with E-state index in [-0.39, 0.29) is 23.4 Å². The standard InChI is InChI=1S/C11H21NO2S.C9H16INO2/c1-5-15-8-9-6-12(7-9)10(13)14-11(2,3)4;1-9(2,3)13-8(12)11-5-7(4-10)6-11/h9H,5-8H2,1-4H3;7H,4-6H2,1-3H3. The lowest BCUT2D eigenvalue weighted by molar-refractivity contribution is 0.00147. The Bertz CT molecular complexity index is 507. The lowest BCUT2D eigenvalue weighted by Crippen LogP contribution is -2.52. The zero-order valence-corrected chi connectivity index (χ0v) is 21.4. The average Bonchev–Trinajstić information content (AvgIpc) is 2.41. The minimum absolute atomic E-state index is 0.166. The highest BCUT2D eigenvalue weighted by atomic mass is 127. The van der Waals surface area contributed by atoms with Gasteiger partial charge in [0, 0.05) is 42.4 Å². The van der Waals surface area contributed by atoms with Crippen LogP contribution in [0, 0.1) is 11.8 Å². The number of alkyl halides is 1. The molecule has 0 atom stereocenters. The first-order valence-corrected chi connectivity index (χ1v) is 12.6. The van der Waals surface area contributed by atoms with Crippen LogP contribution in [0.1, 0.15) is 48.5 Å². The van der Waals surface area contributed by atoms with Crippen LogP contribution in [0.4, 0.5) is 9.59 Å². The van der Waals surface area contributed by atoms with Crippen molar-refractivity contribution in [2.24, 2.45) is 11.8 Å². The first kappa shape index (κ1) is 25.7. The summed E-state index contributed by atoms with van der Waals surface area (Å²) in [5.41, 5.74) is -0.743. The number of thioether (sulfide) groups is 1. The van der Waals surface area contributed by atoms with Crippen LogP contribution in [0.2, 0.25) is 0 Å². The maximum absolute atomic E-state index is 11.6. The molecule has 0 radical (unpaired) electrons. The Balaban J connectivity index is 0.000000283. The van der Waals surface area contributed by atoms with Gasteiger partial charge in [0.2, 0.25) is 0 Å². The molecule has 2 heterocycles. The Morgan fingerprint density at radius 2 is 1.29 bits per heavy atom. The fourth-order valence-corrected chi connectivity index (χ4v) is 3.92. The minimum atomic E-state index is -0.375. The summed E-state index contributed by atoms with van der Waals surface area (Å²) in [5.74, 6) is 3.66. The number of ether oxygens (including phenoxy) is 2. The van der Waals surface area contributed by atoms with Gasteiger partial charge in [-0.1, -0.05) is 29.5 Å². The second-order valence-electron chi connectivity index (χ2n) is 9.32. The number of halogens is 1. The maximum atomic E-state index is 11.6. The van der Waals surface area contributed by atoms with Gasteiger partial charge in [-0.3, -0.25) is 0 Å². The summed E-state index contributed by atoms with van der Waals surface area (Å²) in [7, 11) is 0. The number of nitrogens with zero attached hydrogens (tertiary/aromatic N) is 2. The Labute approximate surface area is 188 Å². The van der Waals surface area contributed by atoms with Crippen LogP contribution in [0.5, 0.6) is 0 Å². The van der Waals surface area contributed by atoms with Crippen LogP contribution < -0.4 is 0 Å². The molecule has 0 bridgehead atoms. The normalized spacial score (nSPS) is 17.9. The van der Waals surface area contributed by atoms with E-state index < -0.39 is 0 Å². The van der Waals surface area contributed by atoms with Gasteiger partial charge in [0.05, 0.1) is 0 Å². The van der Waals surface area contributed by atoms with Crippen molar-refractivity contribution < 1.29 is 19.1 Å². The van der Waals surface area contributed by atoms with Crippen LogP contribution in [-0.4, -0.2) is 75.3 Å². The van der Waals surface area contributed by atoms with Crippen LogP contribution in [0.25, 0.3) is 0 Å². The number of rotatable bonds is 4. The van der Waals surface area contributed by atoms with Gasteiger partial charge in [-0.05, 0) is 53.0 Å². The monoisotopic (exact) mass is 528 g/mol. The second kappa shape index (κ2) is 11.1. The van der Waals surface area contributed by atoms with Crippen LogP contribution in [-0.2, 0) is 9.47 Å². The highest BCUT2D eigenvalue weighted by Crippen LogP contribution is 2.23. The Morgan fingerprint density at radius 1 is 0.893 bits per heavy atom. The molecule has 0 aliphatic carbocycles.